The largest absolute Gasteiger partial charge is 0.333 e. The Morgan fingerprint density at radius 2 is 1.88 bits per heavy atom. The normalized spacial score (nSPS) is 19.1. The summed E-state index contributed by atoms with van der Waals surface area (Å²) in [4.78, 5) is 14.7. The van der Waals surface area contributed by atoms with Gasteiger partial charge in [-0.3, -0.25) is 4.79 Å². The lowest BCUT2D eigenvalue weighted by molar-refractivity contribution is -0.135. The molecule has 0 radical (unpaired) electrons. The van der Waals surface area contributed by atoms with Gasteiger partial charge in [-0.2, -0.15) is 0 Å². The molecule has 1 fully saturated rings. The highest BCUT2D eigenvalue weighted by atomic mass is 19.1. The van der Waals surface area contributed by atoms with Gasteiger partial charge in [0.05, 0.1) is 12.0 Å². The first-order chi connectivity index (χ1) is 11.6. The maximum Gasteiger partial charge on any atom is 0.230 e. The third-order valence-corrected chi connectivity index (χ3v) is 4.48. The van der Waals surface area contributed by atoms with Crippen molar-refractivity contribution < 1.29 is 13.6 Å². The van der Waals surface area contributed by atoms with Crippen molar-refractivity contribution in [1.29, 1.82) is 0 Å². The summed E-state index contributed by atoms with van der Waals surface area (Å²) in [5, 5.41) is 3.25. The van der Waals surface area contributed by atoms with E-state index in [9.17, 15) is 13.6 Å². The quantitative estimate of drug-likeness (QED) is 0.937. The fourth-order valence-corrected chi connectivity index (χ4v) is 3.15. The Morgan fingerprint density at radius 3 is 2.58 bits per heavy atom. The molecule has 24 heavy (non-hydrogen) atoms. The van der Waals surface area contributed by atoms with Crippen molar-refractivity contribution in [2.75, 3.05) is 19.6 Å². The minimum Gasteiger partial charge on any atom is -0.333 e. The molecule has 1 amide bonds. The lowest BCUT2D eigenvalue weighted by Crippen LogP contribution is -2.49. The summed E-state index contributed by atoms with van der Waals surface area (Å²) in [5.74, 6) is -1.19. The Labute approximate surface area is 140 Å². The van der Waals surface area contributed by atoms with Crippen LogP contribution in [0.3, 0.4) is 0 Å². The number of benzene rings is 2. The second-order valence-electron chi connectivity index (χ2n) is 6.08. The van der Waals surface area contributed by atoms with Gasteiger partial charge in [0.25, 0.3) is 0 Å². The van der Waals surface area contributed by atoms with E-state index in [2.05, 4.69) is 5.32 Å². The molecule has 2 aromatic carbocycles. The van der Waals surface area contributed by atoms with E-state index in [-0.39, 0.29) is 23.6 Å². The summed E-state index contributed by atoms with van der Waals surface area (Å²) in [5.41, 5.74) is 1.42. The highest BCUT2D eigenvalue weighted by molar-refractivity contribution is 5.84. The van der Waals surface area contributed by atoms with Gasteiger partial charge < -0.3 is 10.2 Å². The van der Waals surface area contributed by atoms with E-state index in [1.54, 1.807) is 30.0 Å². The summed E-state index contributed by atoms with van der Waals surface area (Å²) < 4.78 is 27.0. The summed E-state index contributed by atoms with van der Waals surface area (Å²) in [7, 11) is 0. The van der Waals surface area contributed by atoms with Crippen LogP contribution in [0, 0.1) is 11.6 Å². The lowest BCUT2D eigenvalue weighted by Gasteiger charge is -2.38. The number of amides is 1. The fraction of sp³-hybridized carbons (Fsp3) is 0.316. The minimum atomic E-state index is -0.449. The van der Waals surface area contributed by atoms with Crippen LogP contribution in [0.1, 0.15) is 30.0 Å². The van der Waals surface area contributed by atoms with Gasteiger partial charge in [-0.25, -0.2) is 8.78 Å². The number of piperazine rings is 1. The van der Waals surface area contributed by atoms with Gasteiger partial charge in [-0.05, 0) is 42.3 Å². The third-order valence-electron chi connectivity index (χ3n) is 4.48. The van der Waals surface area contributed by atoms with E-state index >= 15 is 0 Å². The highest BCUT2D eigenvalue weighted by Gasteiger charge is 2.31. The van der Waals surface area contributed by atoms with E-state index < -0.39 is 5.92 Å². The van der Waals surface area contributed by atoms with Crippen molar-refractivity contribution in [3.8, 4) is 0 Å². The number of rotatable bonds is 3. The molecular weight excluding hydrogens is 310 g/mol. The number of carbonyl (C=O) groups is 1. The van der Waals surface area contributed by atoms with Crippen LogP contribution in [0.25, 0.3) is 0 Å². The molecule has 1 aliphatic heterocycles. The molecule has 0 spiro atoms. The Bertz CT molecular complexity index is 735. The molecular formula is C19H20F2N2O. The van der Waals surface area contributed by atoms with Crippen molar-refractivity contribution in [3.63, 3.8) is 0 Å². The van der Waals surface area contributed by atoms with E-state index in [1.807, 2.05) is 6.07 Å². The first-order valence-corrected chi connectivity index (χ1v) is 8.08. The van der Waals surface area contributed by atoms with Crippen molar-refractivity contribution in [3.05, 3.63) is 71.3 Å². The molecule has 1 saturated heterocycles. The standard InChI is InChI=1S/C19H20F2N2O/c1-13(14-4-2-6-16(20)10-14)19(24)23-9-8-22-12-18(23)15-5-3-7-17(21)11-15/h2-7,10-11,13,18,22H,8-9,12H2,1H3. The smallest absolute Gasteiger partial charge is 0.230 e. The van der Waals surface area contributed by atoms with Crippen molar-refractivity contribution in [2.24, 2.45) is 0 Å². The fourth-order valence-electron chi connectivity index (χ4n) is 3.15. The molecule has 2 aromatic rings. The van der Waals surface area contributed by atoms with Crippen LogP contribution in [-0.2, 0) is 4.79 Å². The zero-order valence-electron chi connectivity index (χ0n) is 13.5. The van der Waals surface area contributed by atoms with E-state index in [4.69, 9.17) is 0 Å². The molecule has 3 nitrogen and oxygen atoms in total. The van der Waals surface area contributed by atoms with Crippen LogP contribution in [0.15, 0.2) is 48.5 Å². The number of hydrogen-bond donors (Lipinski definition) is 1. The maximum absolute atomic E-state index is 13.6. The van der Waals surface area contributed by atoms with E-state index in [0.717, 1.165) is 5.56 Å². The first-order valence-electron chi connectivity index (χ1n) is 8.08. The molecule has 1 N–H and O–H groups in total. The van der Waals surface area contributed by atoms with Crippen LogP contribution in [0.5, 0.6) is 0 Å². The molecule has 2 unspecified atom stereocenters. The van der Waals surface area contributed by atoms with Gasteiger partial charge in [-0.1, -0.05) is 24.3 Å². The van der Waals surface area contributed by atoms with Crippen molar-refractivity contribution >= 4 is 5.91 Å². The minimum absolute atomic E-state index is 0.0728. The number of carbonyl (C=O) groups excluding carboxylic acids is 1. The molecule has 2 atom stereocenters. The second-order valence-corrected chi connectivity index (χ2v) is 6.08. The van der Waals surface area contributed by atoms with E-state index in [1.165, 1.54) is 24.3 Å². The number of nitrogens with zero attached hydrogens (tertiary/aromatic N) is 1. The Balaban J connectivity index is 1.86. The molecule has 0 bridgehead atoms. The van der Waals surface area contributed by atoms with Crippen molar-refractivity contribution in [1.82, 2.24) is 10.2 Å². The Morgan fingerprint density at radius 1 is 1.17 bits per heavy atom. The van der Waals surface area contributed by atoms with Crippen LogP contribution in [0.2, 0.25) is 0 Å². The Hall–Kier alpha value is -2.27. The van der Waals surface area contributed by atoms with Gasteiger partial charge in [0.1, 0.15) is 11.6 Å². The first kappa shape index (κ1) is 16.6. The molecule has 126 valence electrons. The molecule has 3 rings (SSSR count). The lowest BCUT2D eigenvalue weighted by atomic mass is 9.96. The molecule has 0 saturated carbocycles. The predicted octanol–water partition coefficient (Wildman–Crippen LogP) is 3.24. The van der Waals surface area contributed by atoms with Gasteiger partial charge in [0, 0.05) is 19.6 Å². The van der Waals surface area contributed by atoms with Gasteiger partial charge in [0.2, 0.25) is 5.91 Å². The number of nitrogens with one attached hydrogen (secondary N) is 1. The molecule has 1 heterocycles. The monoisotopic (exact) mass is 330 g/mol. The number of halogens is 2. The molecule has 5 heteroatoms. The summed E-state index contributed by atoms with van der Waals surface area (Å²) in [6.07, 6.45) is 0. The average molecular weight is 330 g/mol. The van der Waals surface area contributed by atoms with Gasteiger partial charge in [0.15, 0.2) is 0 Å². The number of hydrogen-bond acceptors (Lipinski definition) is 2. The van der Waals surface area contributed by atoms with Crippen LogP contribution in [-0.4, -0.2) is 30.4 Å². The third kappa shape index (κ3) is 3.46. The van der Waals surface area contributed by atoms with Gasteiger partial charge >= 0.3 is 0 Å². The van der Waals surface area contributed by atoms with Crippen LogP contribution < -0.4 is 5.32 Å². The Kier molecular flexibility index (Phi) is 4.90. The maximum atomic E-state index is 13.6. The molecule has 0 aliphatic carbocycles. The highest BCUT2D eigenvalue weighted by Crippen LogP contribution is 2.27. The van der Waals surface area contributed by atoms with Crippen LogP contribution in [0.4, 0.5) is 8.78 Å². The van der Waals surface area contributed by atoms with Gasteiger partial charge in [-0.15, -0.1) is 0 Å². The molecule has 0 aromatic heterocycles. The summed E-state index contributed by atoms with van der Waals surface area (Å²) in [6.45, 7) is 3.58. The summed E-state index contributed by atoms with van der Waals surface area (Å²) in [6, 6.07) is 12.2. The zero-order valence-corrected chi connectivity index (χ0v) is 13.5. The van der Waals surface area contributed by atoms with Crippen molar-refractivity contribution in [2.45, 2.75) is 18.9 Å². The summed E-state index contributed by atoms with van der Waals surface area (Å²) >= 11 is 0. The average Bonchev–Trinajstić information content (AvgIpc) is 2.60. The van der Waals surface area contributed by atoms with E-state index in [0.29, 0.717) is 25.2 Å². The second kappa shape index (κ2) is 7.09. The predicted molar refractivity (Wildman–Crippen MR) is 88.5 cm³/mol. The zero-order chi connectivity index (χ0) is 17.1. The van der Waals surface area contributed by atoms with Crippen LogP contribution >= 0.6 is 0 Å². The topological polar surface area (TPSA) is 32.3 Å². The molecule has 1 aliphatic rings. The SMILES string of the molecule is CC(C(=O)N1CCNCC1c1cccc(F)c1)c1cccc(F)c1.